The monoisotopic (exact) mass is 240 g/mol. The Morgan fingerprint density at radius 2 is 2.24 bits per heavy atom. The minimum atomic E-state index is -0.107. The van der Waals surface area contributed by atoms with E-state index >= 15 is 0 Å². The molecule has 1 saturated heterocycles. The molecular weight excluding hydrogens is 216 g/mol. The standard InChI is InChI=1S/C14H24O3/c1-5-16-12(15)9-13(3,4)14-7-6-10(2)8-11(14)17-14/h10-11H,5-9H2,1-4H3/t10-,11-,14+/m0/s1. The molecule has 0 aromatic heterocycles. The average molecular weight is 240 g/mol. The molecule has 0 aromatic rings. The molecule has 0 aromatic carbocycles. The van der Waals surface area contributed by atoms with Crippen molar-refractivity contribution in [1.29, 1.82) is 0 Å². The summed E-state index contributed by atoms with van der Waals surface area (Å²) < 4.78 is 11.0. The molecule has 3 nitrogen and oxygen atoms in total. The molecule has 1 saturated carbocycles. The van der Waals surface area contributed by atoms with Gasteiger partial charge in [0, 0.05) is 5.41 Å². The summed E-state index contributed by atoms with van der Waals surface area (Å²) in [5.74, 6) is 0.661. The Bertz CT molecular complexity index is 311. The van der Waals surface area contributed by atoms with Crippen molar-refractivity contribution in [3.8, 4) is 0 Å². The second-order valence-electron chi connectivity index (χ2n) is 6.24. The molecule has 3 atom stereocenters. The fourth-order valence-corrected chi connectivity index (χ4v) is 3.28. The van der Waals surface area contributed by atoms with E-state index in [0.717, 1.165) is 18.8 Å². The summed E-state index contributed by atoms with van der Waals surface area (Å²) in [6, 6.07) is 0. The number of carbonyl (C=O) groups excluding carboxylic acids is 1. The molecule has 0 radical (unpaired) electrons. The Labute approximate surface area is 104 Å². The van der Waals surface area contributed by atoms with E-state index in [2.05, 4.69) is 20.8 Å². The Morgan fingerprint density at radius 1 is 1.53 bits per heavy atom. The van der Waals surface area contributed by atoms with E-state index in [9.17, 15) is 4.79 Å². The van der Waals surface area contributed by atoms with Crippen LogP contribution in [0.5, 0.6) is 0 Å². The summed E-state index contributed by atoms with van der Waals surface area (Å²) in [7, 11) is 0. The summed E-state index contributed by atoms with van der Waals surface area (Å²) >= 11 is 0. The molecule has 0 spiro atoms. The van der Waals surface area contributed by atoms with Crippen molar-refractivity contribution < 1.29 is 14.3 Å². The number of epoxide rings is 1. The van der Waals surface area contributed by atoms with E-state index in [1.54, 1.807) is 0 Å². The minimum Gasteiger partial charge on any atom is -0.466 e. The lowest BCUT2D eigenvalue weighted by Crippen LogP contribution is -2.40. The Hall–Kier alpha value is -0.570. The predicted molar refractivity (Wildman–Crippen MR) is 65.7 cm³/mol. The van der Waals surface area contributed by atoms with Crippen LogP contribution in [0.4, 0.5) is 0 Å². The van der Waals surface area contributed by atoms with Crippen molar-refractivity contribution in [3.05, 3.63) is 0 Å². The molecule has 1 aliphatic carbocycles. The fraction of sp³-hybridized carbons (Fsp3) is 0.929. The number of ether oxygens (including phenoxy) is 2. The van der Waals surface area contributed by atoms with E-state index in [0.29, 0.717) is 19.1 Å². The first-order chi connectivity index (χ1) is 7.91. The molecule has 3 heteroatoms. The normalized spacial score (nSPS) is 36.2. The van der Waals surface area contributed by atoms with Gasteiger partial charge in [0.15, 0.2) is 0 Å². The van der Waals surface area contributed by atoms with Gasteiger partial charge in [-0.05, 0) is 32.1 Å². The van der Waals surface area contributed by atoms with Crippen LogP contribution < -0.4 is 0 Å². The molecule has 2 aliphatic rings. The van der Waals surface area contributed by atoms with E-state index in [1.807, 2.05) is 6.92 Å². The second-order valence-corrected chi connectivity index (χ2v) is 6.24. The third kappa shape index (κ3) is 2.22. The summed E-state index contributed by atoms with van der Waals surface area (Å²) in [5.41, 5.74) is -0.156. The van der Waals surface area contributed by atoms with E-state index in [4.69, 9.17) is 9.47 Å². The van der Waals surface area contributed by atoms with Crippen LogP contribution in [0, 0.1) is 11.3 Å². The van der Waals surface area contributed by atoms with Gasteiger partial charge in [0.2, 0.25) is 0 Å². The van der Waals surface area contributed by atoms with Crippen molar-refractivity contribution in [3.63, 3.8) is 0 Å². The van der Waals surface area contributed by atoms with Crippen molar-refractivity contribution in [1.82, 2.24) is 0 Å². The maximum atomic E-state index is 11.6. The molecule has 17 heavy (non-hydrogen) atoms. The van der Waals surface area contributed by atoms with Gasteiger partial charge < -0.3 is 9.47 Å². The summed E-state index contributed by atoms with van der Waals surface area (Å²) in [6.45, 7) is 8.87. The van der Waals surface area contributed by atoms with Crippen LogP contribution in [-0.2, 0) is 14.3 Å². The zero-order valence-electron chi connectivity index (χ0n) is 11.4. The number of esters is 1. The lowest BCUT2D eigenvalue weighted by molar-refractivity contribution is -0.146. The topological polar surface area (TPSA) is 38.8 Å². The summed E-state index contributed by atoms with van der Waals surface area (Å²) in [6.07, 6.45) is 4.28. The lowest BCUT2D eigenvalue weighted by Gasteiger charge is -2.35. The molecule has 1 aliphatic heterocycles. The van der Waals surface area contributed by atoms with Crippen molar-refractivity contribution in [2.24, 2.45) is 11.3 Å². The molecule has 0 N–H and O–H groups in total. The Balaban J connectivity index is 1.99. The van der Waals surface area contributed by atoms with Crippen LogP contribution in [0.1, 0.15) is 53.4 Å². The molecule has 2 fully saturated rings. The summed E-state index contributed by atoms with van der Waals surface area (Å²) in [5, 5.41) is 0. The smallest absolute Gasteiger partial charge is 0.306 e. The van der Waals surface area contributed by atoms with Gasteiger partial charge in [0.1, 0.15) is 5.60 Å². The quantitative estimate of drug-likeness (QED) is 0.560. The molecule has 0 bridgehead atoms. The first-order valence-electron chi connectivity index (χ1n) is 6.75. The first-order valence-corrected chi connectivity index (χ1v) is 6.75. The number of hydrogen-bond acceptors (Lipinski definition) is 3. The third-order valence-corrected chi connectivity index (χ3v) is 4.48. The van der Waals surface area contributed by atoms with E-state index in [1.165, 1.54) is 6.42 Å². The van der Waals surface area contributed by atoms with Gasteiger partial charge in [-0.3, -0.25) is 4.79 Å². The van der Waals surface area contributed by atoms with Crippen LogP contribution in [0.3, 0.4) is 0 Å². The minimum absolute atomic E-state index is 0.0493. The van der Waals surface area contributed by atoms with Crippen molar-refractivity contribution in [2.75, 3.05) is 6.61 Å². The molecule has 0 unspecified atom stereocenters. The molecule has 2 rings (SSSR count). The molecule has 0 amide bonds. The zero-order valence-corrected chi connectivity index (χ0v) is 11.4. The first kappa shape index (κ1) is 12.9. The highest BCUT2D eigenvalue weighted by molar-refractivity contribution is 5.70. The predicted octanol–water partition coefficient (Wildman–Crippen LogP) is 2.92. The highest BCUT2D eigenvalue weighted by Gasteiger charge is 2.66. The molecule has 98 valence electrons. The average Bonchev–Trinajstić information content (AvgIpc) is 2.92. The van der Waals surface area contributed by atoms with Crippen LogP contribution in [-0.4, -0.2) is 24.3 Å². The van der Waals surface area contributed by atoms with Crippen LogP contribution >= 0.6 is 0 Å². The van der Waals surface area contributed by atoms with Crippen LogP contribution in [0.25, 0.3) is 0 Å². The van der Waals surface area contributed by atoms with Crippen LogP contribution in [0.2, 0.25) is 0 Å². The van der Waals surface area contributed by atoms with E-state index < -0.39 is 0 Å². The summed E-state index contributed by atoms with van der Waals surface area (Å²) in [4.78, 5) is 11.6. The van der Waals surface area contributed by atoms with Gasteiger partial charge in [-0.15, -0.1) is 0 Å². The van der Waals surface area contributed by atoms with E-state index in [-0.39, 0.29) is 17.0 Å². The van der Waals surface area contributed by atoms with Gasteiger partial charge in [0.25, 0.3) is 0 Å². The number of carbonyl (C=O) groups is 1. The fourth-order valence-electron chi connectivity index (χ4n) is 3.28. The van der Waals surface area contributed by atoms with Gasteiger partial charge in [-0.25, -0.2) is 0 Å². The number of hydrogen-bond donors (Lipinski definition) is 0. The van der Waals surface area contributed by atoms with Gasteiger partial charge >= 0.3 is 5.97 Å². The molecule has 1 heterocycles. The lowest BCUT2D eigenvalue weighted by atomic mass is 9.67. The van der Waals surface area contributed by atoms with Gasteiger partial charge in [-0.1, -0.05) is 20.8 Å². The van der Waals surface area contributed by atoms with Crippen LogP contribution in [0.15, 0.2) is 0 Å². The highest BCUT2D eigenvalue weighted by Crippen LogP contribution is 2.60. The largest absolute Gasteiger partial charge is 0.466 e. The Kier molecular flexibility index (Phi) is 3.23. The number of fused-ring (bicyclic) bond motifs is 1. The highest BCUT2D eigenvalue weighted by atomic mass is 16.6. The maximum Gasteiger partial charge on any atom is 0.306 e. The van der Waals surface area contributed by atoms with Gasteiger partial charge in [-0.2, -0.15) is 0 Å². The second kappa shape index (κ2) is 4.27. The number of rotatable bonds is 4. The van der Waals surface area contributed by atoms with Crippen molar-refractivity contribution in [2.45, 2.75) is 65.1 Å². The van der Waals surface area contributed by atoms with Crippen molar-refractivity contribution >= 4 is 5.97 Å². The maximum absolute atomic E-state index is 11.6. The SMILES string of the molecule is CCOC(=O)CC(C)(C)[C@@]12CC[C@H](C)C[C@@H]1O2. The third-order valence-electron chi connectivity index (χ3n) is 4.48. The van der Waals surface area contributed by atoms with Gasteiger partial charge in [0.05, 0.1) is 19.1 Å². The molecular formula is C14H24O3. The zero-order chi connectivity index (χ0) is 12.7. The Morgan fingerprint density at radius 3 is 2.82 bits per heavy atom.